The molecule has 2 amide bonds. The zero-order valence-electron chi connectivity index (χ0n) is 14.4. The van der Waals surface area contributed by atoms with E-state index in [1.165, 1.54) is 10.4 Å². The Balaban J connectivity index is 1.42. The molecule has 26 heavy (non-hydrogen) atoms. The van der Waals surface area contributed by atoms with Crippen molar-refractivity contribution in [3.63, 3.8) is 0 Å². The number of urea groups is 1. The largest absolute Gasteiger partial charge is 0.489 e. The van der Waals surface area contributed by atoms with Gasteiger partial charge in [0.25, 0.3) is 0 Å². The second-order valence-corrected chi connectivity index (χ2v) is 7.23. The molecular weight excluding hydrogens is 344 g/mol. The number of hydrogen-bond acceptors (Lipinski definition) is 3. The van der Waals surface area contributed by atoms with Crippen LogP contribution in [0.15, 0.2) is 66.0 Å². The SMILES string of the molecule is O=C(Nc1ccccc1COc1ccccc1)N1CCc2sccc2C1. The Morgan fingerprint density at radius 1 is 1.08 bits per heavy atom. The normalized spacial score (nSPS) is 13.2. The van der Waals surface area contributed by atoms with Crippen LogP contribution in [0.25, 0.3) is 0 Å². The molecule has 0 aliphatic carbocycles. The van der Waals surface area contributed by atoms with Gasteiger partial charge in [0, 0.05) is 29.2 Å². The van der Waals surface area contributed by atoms with Crippen molar-refractivity contribution in [3.05, 3.63) is 82.0 Å². The number of anilines is 1. The first-order valence-electron chi connectivity index (χ1n) is 8.66. The van der Waals surface area contributed by atoms with Crippen LogP contribution in [0.1, 0.15) is 16.0 Å². The Bertz CT molecular complexity index is 892. The smallest absolute Gasteiger partial charge is 0.322 e. The number of carbonyl (C=O) groups excluding carboxylic acids is 1. The van der Waals surface area contributed by atoms with Crippen molar-refractivity contribution in [1.82, 2.24) is 4.90 Å². The minimum atomic E-state index is -0.0611. The van der Waals surface area contributed by atoms with E-state index in [0.717, 1.165) is 30.0 Å². The molecule has 0 fully saturated rings. The highest BCUT2D eigenvalue weighted by atomic mass is 32.1. The fourth-order valence-electron chi connectivity index (χ4n) is 3.06. The highest BCUT2D eigenvalue weighted by molar-refractivity contribution is 7.10. The molecule has 1 aliphatic heterocycles. The molecule has 0 bridgehead atoms. The number of para-hydroxylation sites is 2. The Hall–Kier alpha value is -2.79. The third-order valence-electron chi connectivity index (χ3n) is 4.49. The molecule has 2 heterocycles. The number of ether oxygens (including phenoxy) is 1. The van der Waals surface area contributed by atoms with Crippen LogP contribution in [0.4, 0.5) is 10.5 Å². The van der Waals surface area contributed by atoms with Crippen molar-refractivity contribution in [1.29, 1.82) is 0 Å². The van der Waals surface area contributed by atoms with Crippen LogP contribution in [0, 0.1) is 0 Å². The van der Waals surface area contributed by atoms with Crippen molar-refractivity contribution in [3.8, 4) is 5.75 Å². The quantitative estimate of drug-likeness (QED) is 0.714. The van der Waals surface area contributed by atoms with Gasteiger partial charge in [0.15, 0.2) is 0 Å². The van der Waals surface area contributed by atoms with Gasteiger partial charge in [-0.25, -0.2) is 4.79 Å². The van der Waals surface area contributed by atoms with E-state index in [4.69, 9.17) is 4.74 Å². The molecule has 0 saturated carbocycles. The molecular formula is C21H20N2O2S. The third kappa shape index (κ3) is 3.73. The molecule has 5 heteroatoms. The van der Waals surface area contributed by atoms with Gasteiger partial charge in [-0.3, -0.25) is 0 Å². The van der Waals surface area contributed by atoms with Crippen LogP contribution in [-0.4, -0.2) is 17.5 Å². The van der Waals surface area contributed by atoms with E-state index in [0.29, 0.717) is 13.2 Å². The lowest BCUT2D eigenvalue weighted by Crippen LogP contribution is -2.38. The molecule has 1 aliphatic rings. The first-order chi connectivity index (χ1) is 12.8. The molecule has 0 atom stereocenters. The number of amides is 2. The Kier molecular flexibility index (Phi) is 4.88. The maximum atomic E-state index is 12.7. The van der Waals surface area contributed by atoms with Gasteiger partial charge in [0.1, 0.15) is 12.4 Å². The predicted molar refractivity (Wildman–Crippen MR) is 105 cm³/mol. The molecule has 2 aromatic carbocycles. The number of rotatable bonds is 4. The first-order valence-corrected chi connectivity index (χ1v) is 9.54. The summed E-state index contributed by atoms with van der Waals surface area (Å²) in [5.41, 5.74) is 3.01. The minimum Gasteiger partial charge on any atom is -0.489 e. The molecule has 0 saturated heterocycles. The number of fused-ring (bicyclic) bond motifs is 1. The molecule has 4 rings (SSSR count). The van der Waals surface area contributed by atoms with E-state index in [1.807, 2.05) is 59.5 Å². The summed E-state index contributed by atoms with van der Waals surface area (Å²) in [4.78, 5) is 16.0. The van der Waals surface area contributed by atoms with E-state index < -0.39 is 0 Å². The van der Waals surface area contributed by atoms with E-state index in [9.17, 15) is 4.79 Å². The lowest BCUT2D eigenvalue weighted by molar-refractivity contribution is 0.207. The number of thiophene rings is 1. The van der Waals surface area contributed by atoms with E-state index in [2.05, 4.69) is 16.8 Å². The second-order valence-electron chi connectivity index (χ2n) is 6.23. The molecule has 4 nitrogen and oxygen atoms in total. The van der Waals surface area contributed by atoms with Crippen molar-refractivity contribution >= 4 is 23.1 Å². The van der Waals surface area contributed by atoms with Crippen LogP contribution in [0.5, 0.6) is 5.75 Å². The Morgan fingerprint density at radius 2 is 1.88 bits per heavy atom. The van der Waals surface area contributed by atoms with Crippen LogP contribution in [0.3, 0.4) is 0 Å². The summed E-state index contributed by atoms with van der Waals surface area (Å²) in [6.07, 6.45) is 0.930. The van der Waals surface area contributed by atoms with Gasteiger partial charge < -0.3 is 15.0 Å². The predicted octanol–water partition coefficient (Wildman–Crippen LogP) is 4.92. The average molecular weight is 364 g/mol. The van der Waals surface area contributed by atoms with Gasteiger partial charge in [0.2, 0.25) is 0 Å². The standard InChI is InChI=1S/C21H20N2O2S/c24-21(23-12-10-20-16(14-23)11-13-26-20)22-19-9-5-4-6-17(19)15-25-18-7-2-1-3-8-18/h1-9,11,13H,10,12,14-15H2,(H,22,24). The van der Waals surface area contributed by atoms with Gasteiger partial charge in [-0.2, -0.15) is 0 Å². The lowest BCUT2D eigenvalue weighted by atomic mass is 10.1. The molecule has 132 valence electrons. The third-order valence-corrected chi connectivity index (χ3v) is 5.51. The fourth-order valence-corrected chi connectivity index (χ4v) is 3.95. The van der Waals surface area contributed by atoms with E-state index in [1.54, 1.807) is 11.3 Å². The van der Waals surface area contributed by atoms with Gasteiger partial charge in [-0.05, 0) is 41.6 Å². The summed E-state index contributed by atoms with van der Waals surface area (Å²) >= 11 is 1.78. The first kappa shape index (κ1) is 16.7. The van der Waals surface area contributed by atoms with Gasteiger partial charge >= 0.3 is 6.03 Å². The maximum Gasteiger partial charge on any atom is 0.322 e. The Morgan fingerprint density at radius 3 is 2.77 bits per heavy atom. The summed E-state index contributed by atoms with van der Waals surface area (Å²) in [7, 11) is 0. The highest BCUT2D eigenvalue weighted by Crippen LogP contribution is 2.25. The number of benzene rings is 2. The highest BCUT2D eigenvalue weighted by Gasteiger charge is 2.22. The number of nitrogens with one attached hydrogen (secondary N) is 1. The lowest BCUT2D eigenvalue weighted by Gasteiger charge is -2.27. The van der Waals surface area contributed by atoms with E-state index in [-0.39, 0.29) is 6.03 Å². The summed E-state index contributed by atoms with van der Waals surface area (Å²) < 4.78 is 5.83. The molecule has 1 aromatic heterocycles. The van der Waals surface area contributed by atoms with Gasteiger partial charge in [-0.15, -0.1) is 11.3 Å². The topological polar surface area (TPSA) is 41.6 Å². The molecule has 0 unspecified atom stereocenters. The van der Waals surface area contributed by atoms with Crippen molar-refractivity contribution < 1.29 is 9.53 Å². The van der Waals surface area contributed by atoms with Crippen molar-refractivity contribution in [2.45, 2.75) is 19.6 Å². The average Bonchev–Trinajstić information content (AvgIpc) is 3.16. The molecule has 1 N–H and O–H groups in total. The number of carbonyl (C=O) groups is 1. The molecule has 3 aromatic rings. The van der Waals surface area contributed by atoms with Crippen LogP contribution in [-0.2, 0) is 19.6 Å². The van der Waals surface area contributed by atoms with Gasteiger partial charge in [0.05, 0.1) is 0 Å². The van der Waals surface area contributed by atoms with Crippen molar-refractivity contribution in [2.75, 3.05) is 11.9 Å². The second kappa shape index (κ2) is 7.62. The summed E-state index contributed by atoms with van der Waals surface area (Å²) in [5, 5.41) is 5.15. The molecule has 0 radical (unpaired) electrons. The fraction of sp³-hybridized carbons (Fsp3) is 0.190. The summed E-state index contributed by atoms with van der Waals surface area (Å²) in [6, 6.07) is 19.5. The summed E-state index contributed by atoms with van der Waals surface area (Å²) in [5.74, 6) is 0.814. The van der Waals surface area contributed by atoms with Crippen LogP contribution in [0.2, 0.25) is 0 Å². The summed E-state index contributed by atoms with van der Waals surface area (Å²) in [6.45, 7) is 1.84. The maximum absolute atomic E-state index is 12.7. The van der Waals surface area contributed by atoms with E-state index >= 15 is 0 Å². The van der Waals surface area contributed by atoms with Crippen molar-refractivity contribution in [2.24, 2.45) is 0 Å². The number of nitrogens with zero attached hydrogens (tertiary/aromatic N) is 1. The van der Waals surface area contributed by atoms with Crippen LogP contribution < -0.4 is 10.1 Å². The Labute approximate surface area is 157 Å². The zero-order chi connectivity index (χ0) is 17.8. The minimum absolute atomic E-state index is 0.0611. The number of hydrogen-bond donors (Lipinski definition) is 1. The monoisotopic (exact) mass is 364 g/mol. The zero-order valence-corrected chi connectivity index (χ0v) is 15.2. The molecule has 0 spiro atoms. The van der Waals surface area contributed by atoms with Crippen LogP contribution >= 0.6 is 11.3 Å². The van der Waals surface area contributed by atoms with Gasteiger partial charge in [-0.1, -0.05) is 36.4 Å².